The molecule has 4 heteroatoms. The van der Waals surface area contributed by atoms with Crippen LogP contribution in [0.2, 0.25) is 0 Å². The smallest absolute Gasteiger partial charge is 0.0534 e. The van der Waals surface area contributed by atoms with Gasteiger partial charge < -0.3 is 10.2 Å². The molecule has 0 amide bonds. The van der Waals surface area contributed by atoms with Gasteiger partial charge in [0.2, 0.25) is 0 Å². The summed E-state index contributed by atoms with van der Waals surface area (Å²) in [5.74, 6) is 0.824. The number of piperidine rings is 1. The maximum Gasteiger partial charge on any atom is 0.0534 e. The quantitative estimate of drug-likeness (QED) is 0.853. The second-order valence-corrected chi connectivity index (χ2v) is 5.87. The number of likely N-dealkylation sites (tertiary alicyclic amines) is 1. The van der Waals surface area contributed by atoms with Crippen LogP contribution in [0.25, 0.3) is 0 Å². The summed E-state index contributed by atoms with van der Waals surface area (Å²) in [4.78, 5) is 2.60. The molecule has 1 fully saturated rings. The van der Waals surface area contributed by atoms with Crippen LogP contribution in [0.4, 0.5) is 0 Å². The SMILES string of the molecule is CCCN1CCC(C(C)NCc2cnn(C)c2)CC1. The molecule has 0 radical (unpaired) electrons. The number of rotatable bonds is 6. The first-order chi connectivity index (χ1) is 9.19. The van der Waals surface area contributed by atoms with Gasteiger partial charge in [0.1, 0.15) is 0 Å². The van der Waals surface area contributed by atoms with Gasteiger partial charge in [-0.25, -0.2) is 0 Å². The molecule has 1 atom stereocenters. The first-order valence-corrected chi connectivity index (χ1v) is 7.62. The Morgan fingerprint density at radius 3 is 2.74 bits per heavy atom. The molecule has 1 N–H and O–H groups in total. The van der Waals surface area contributed by atoms with Gasteiger partial charge in [-0.05, 0) is 51.7 Å². The molecule has 1 aromatic rings. The van der Waals surface area contributed by atoms with Crippen LogP contribution in [0.15, 0.2) is 12.4 Å². The van der Waals surface area contributed by atoms with Gasteiger partial charge in [0, 0.05) is 31.4 Å². The molecule has 0 saturated carbocycles. The standard InChI is InChI=1S/C15H28N4/c1-4-7-19-8-5-15(6-9-19)13(2)16-10-14-11-17-18(3)12-14/h11-13,15-16H,4-10H2,1-3H3. The van der Waals surface area contributed by atoms with Crippen molar-refractivity contribution in [3.05, 3.63) is 18.0 Å². The molecule has 0 spiro atoms. The summed E-state index contributed by atoms with van der Waals surface area (Å²) in [7, 11) is 1.97. The first kappa shape index (κ1) is 14.5. The minimum absolute atomic E-state index is 0.601. The molecule has 0 aromatic carbocycles. The average Bonchev–Trinajstić information content (AvgIpc) is 2.83. The molecule has 2 rings (SSSR count). The Balaban J connectivity index is 1.70. The zero-order chi connectivity index (χ0) is 13.7. The van der Waals surface area contributed by atoms with Crippen molar-refractivity contribution in [3.63, 3.8) is 0 Å². The van der Waals surface area contributed by atoms with E-state index in [-0.39, 0.29) is 0 Å². The van der Waals surface area contributed by atoms with E-state index in [1.165, 1.54) is 44.5 Å². The van der Waals surface area contributed by atoms with Crippen molar-refractivity contribution < 1.29 is 0 Å². The third kappa shape index (κ3) is 4.32. The second-order valence-electron chi connectivity index (χ2n) is 5.87. The summed E-state index contributed by atoms with van der Waals surface area (Å²) >= 11 is 0. The third-order valence-electron chi connectivity index (χ3n) is 4.27. The Hall–Kier alpha value is -0.870. The lowest BCUT2D eigenvalue weighted by atomic mass is 9.90. The fourth-order valence-corrected chi connectivity index (χ4v) is 3.00. The number of aromatic nitrogens is 2. The van der Waals surface area contributed by atoms with Crippen molar-refractivity contribution in [2.75, 3.05) is 19.6 Å². The molecular weight excluding hydrogens is 236 g/mol. The van der Waals surface area contributed by atoms with Crippen molar-refractivity contribution in [1.82, 2.24) is 20.0 Å². The molecule has 1 aliphatic rings. The summed E-state index contributed by atoms with van der Waals surface area (Å²) < 4.78 is 1.87. The fraction of sp³-hybridized carbons (Fsp3) is 0.800. The van der Waals surface area contributed by atoms with Crippen molar-refractivity contribution >= 4 is 0 Å². The maximum absolute atomic E-state index is 4.21. The molecule has 1 aromatic heterocycles. The monoisotopic (exact) mass is 264 g/mol. The first-order valence-electron chi connectivity index (χ1n) is 7.62. The largest absolute Gasteiger partial charge is 0.310 e. The zero-order valence-electron chi connectivity index (χ0n) is 12.6. The Morgan fingerprint density at radius 1 is 1.42 bits per heavy atom. The maximum atomic E-state index is 4.21. The minimum atomic E-state index is 0.601. The van der Waals surface area contributed by atoms with Crippen LogP contribution < -0.4 is 5.32 Å². The number of aryl methyl sites for hydroxylation is 1. The fourth-order valence-electron chi connectivity index (χ4n) is 3.00. The van der Waals surface area contributed by atoms with E-state index in [0.717, 1.165) is 12.5 Å². The van der Waals surface area contributed by atoms with Crippen molar-refractivity contribution in [1.29, 1.82) is 0 Å². The highest BCUT2D eigenvalue weighted by molar-refractivity contribution is 5.03. The molecule has 108 valence electrons. The highest BCUT2D eigenvalue weighted by Crippen LogP contribution is 2.20. The van der Waals surface area contributed by atoms with Crippen LogP contribution in [0, 0.1) is 5.92 Å². The summed E-state index contributed by atoms with van der Waals surface area (Å²) in [5, 5.41) is 7.86. The predicted molar refractivity (Wildman–Crippen MR) is 79.0 cm³/mol. The molecule has 4 nitrogen and oxygen atoms in total. The van der Waals surface area contributed by atoms with Gasteiger partial charge in [0.05, 0.1) is 6.20 Å². The lowest BCUT2D eigenvalue weighted by Crippen LogP contribution is -2.41. The lowest BCUT2D eigenvalue weighted by molar-refractivity contribution is 0.162. The van der Waals surface area contributed by atoms with E-state index < -0.39 is 0 Å². The number of hydrogen-bond acceptors (Lipinski definition) is 3. The molecule has 1 unspecified atom stereocenters. The van der Waals surface area contributed by atoms with E-state index in [2.05, 4.69) is 35.4 Å². The van der Waals surface area contributed by atoms with Crippen molar-refractivity contribution in [3.8, 4) is 0 Å². The van der Waals surface area contributed by atoms with Crippen LogP contribution >= 0.6 is 0 Å². The Labute approximate surface area is 117 Å². The lowest BCUT2D eigenvalue weighted by Gasteiger charge is -2.35. The number of nitrogens with one attached hydrogen (secondary N) is 1. The van der Waals surface area contributed by atoms with Gasteiger partial charge in [-0.1, -0.05) is 6.92 Å². The van der Waals surface area contributed by atoms with E-state index >= 15 is 0 Å². The molecule has 0 aliphatic carbocycles. The Bertz CT molecular complexity index is 366. The van der Waals surface area contributed by atoms with E-state index in [4.69, 9.17) is 0 Å². The van der Waals surface area contributed by atoms with Crippen LogP contribution in [-0.4, -0.2) is 40.4 Å². The minimum Gasteiger partial charge on any atom is -0.310 e. The summed E-state index contributed by atoms with van der Waals surface area (Å²) in [6.07, 6.45) is 7.98. The van der Waals surface area contributed by atoms with E-state index in [1.807, 2.05) is 17.9 Å². The molecule has 19 heavy (non-hydrogen) atoms. The molecule has 1 saturated heterocycles. The summed E-state index contributed by atoms with van der Waals surface area (Å²) in [6, 6.07) is 0.601. The van der Waals surface area contributed by atoms with E-state index in [9.17, 15) is 0 Å². The zero-order valence-corrected chi connectivity index (χ0v) is 12.6. The van der Waals surface area contributed by atoms with Crippen LogP contribution in [0.3, 0.4) is 0 Å². The normalized spacial score (nSPS) is 19.7. The van der Waals surface area contributed by atoms with Gasteiger partial charge in [0.25, 0.3) is 0 Å². The number of nitrogens with zero attached hydrogens (tertiary/aromatic N) is 3. The highest BCUT2D eigenvalue weighted by atomic mass is 15.2. The molecular formula is C15H28N4. The second kappa shape index (κ2) is 7.06. The van der Waals surface area contributed by atoms with Gasteiger partial charge in [-0.2, -0.15) is 5.10 Å². The van der Waals surface area contributed by atoms with Gasteiger partial charge in [0.15, 0.2) is 0 Å². The van der Waals surface area contributed by atoms with Crippen LogP contribution in [-0.2, 0) is 13.6 Å². The van der Waals surface area contributed by atoms with E-state index in [0.29, 0.717) is 6.04 Å². The van der Waals surface area contributed by atoms with Gasteiger partial charge >= 0.3 is 0 Å². The topological polar surface area (TPSA) is 33.1 Å². The van der Waals surface area contributed by atoms with Crippen molar-refractivity contribution in [2.45, 2.75) is 45.7 Å². The van der Waals surface area contributed by atoms with Gasteiger partial charge in [-0.15, -0.1) is 0 Å². The van der Waals surface area contributed by atoms with Gasteiger partial charge in [-0.3, -0.25) is 4.68 Å². The third-order valence-corrected chi connectivity index (χ3v) is 4.27. The Morgan fingerprint density at radius 2 is 2.16 bits per heavy atom. The highest BCUT2D eigenvalue weighted by Gasteiger charge is 2.23. The molecule has 2 heterocycles. The van der Waals surface area contributed by atoms with Crippen LogP contribution in [0.1, 0.15) is 38.7 Å². The predicted octanol–water partition coefficient (Wildman–Crippen LogP) is 2.02. The summed E-state index contributed by atoms with van der Waals surface area (Å²) in [6.45, 7) is 9.35. The molecule has 1 aliphatic heterocycles. The molecule has 0 bridgehead atoms. The van der Waals surface area contributed by atoms with Crippen LogP contribution in [0.5, 0.6) is 0 Å². The Kier molecular flexibility index (Phi) is 5.40. The average molecular weight is 264 g/mol. The van der Waals surface area contributed by atoms with E-state index in [1.54, 1.807) is 0 Å². The summed E-state index contributed by atoms with van der Waals surface area (Å²) in [5.41, 5.74) is 1.28. The van der Waals surface area contributed by atoms with Crippen molar-refractivity contribution in [2.24, 2.45) is 13.0 Å². The number of hydrogen-bond donors (Lipinski definition) is 1.